The van der Waals surface area contributed by atoms with E-state index in [4.69, 9.17) is 9.84 Å². The molecule has 4 rings (SSSR count). The Hall–Kier alpha value is -3.99. The smallest absolute Gasteiger partial charge is 0.419 e. The molecule has 7 nitrogen and oxygen atoms in total. The first-order valence-corrected chi connectivity index (χ1v) is 10.6. The van der Waals surface area contributed by atoms with Gasteiger partial charge in [-0.2, -0.15) is 18.2 Å². The van der Waals surface area contributed by atoms with Crippen molar-refractivity contribution < 1.29 is 32.2 Å². The van der Waals surface area contributed by atoms with Gasteiger partial charge in [0, 0.05) is 36.6 Å². The van der Waals surface area contributed by atoms with Crippen LogP contribution in [0.2, 0.25) is 0 Å². The molecule has 0 bridgehead atoms. The number of hydrogen-bond donors (Lipinski definition) is 2. The van der Waals surface area contributed by atoms with Gasteiger partial charge in [-0.05, 0) is 41.5 Å². The van der Waals surface area contributed by atoms with Gasteiger partial charge in [0.1, 0.15) is 11.6 Å². The quantitative estimate of drug-likeness (QED) is 0.374. The number of rotatable bonds is 6. The Morgan fingerprint density at radius 3 is 2.63 bits per heavy atom. The number of carboxylic acid groups (broad SMARTS) is 1. The van der Waals surface area contributed by atoms with Crippen LogP contribution in [0.5, 0.6) is 0 Å². The fourth-order valence-electron chi connectivity index (χ4n) is 3.58. The first-order chi connectivity index (χ1) is 16.7. The lowest BCUT2D eigenvalue weighted by Crippen LogP contribution is -2.37. The van der Waals surface area contributed by atoms with Crippen molar-refractivity contribution in [3.05, 3.63) is 71.7 Å². The third-order valence-electron chi connectivity index (χ3n) is 5.22. The predicted molar refractivity (Wildman–Crippen MR) is 122 cm³/mol. The summed E-state index contributed by atoms with van der Waals surface area (Å²) >= 11 is 0. The van der Waals surface area contributed by atoms with Crippen molar-refractivity contribution in [2.45, 2.75) is 6.18 Å². The molecule has 0 saturated carbocycles. The molecule has 0 spiro atoms. The lowest BCUT2D eigenvalue weighted by molar-refractivity contribution is -0.140. The van der Waals surface area contributed by atoms with Crippen LogP contribution in [0.3, 0.4) is 0 Å². The first-order valence-electron chi connectivity index (χ1n) is 10.6. The van der Waals surface area contributed by atoms with Gasteiger partial charge in [0.25, 0.3) is 0 Å². The van der Waals surface area contributed by atoms with Gasteiger partial charge in [0.2, 0.25) is 5.95 Å². The third kappa shape index (κ3) is 5.93. The second-order valence-corrected chi connectivity index (χ2v) is 7.64. The van der Waals surface area contributed by atoms with E-state index in [2.05, 4.69) is 15.3 Å². The monoisotopic (exact) mass is 488 g/mol. The molecule has 0 atom stereocenters. The molecule has 2 heterocycles. The Balaban J connectivity index is 1.71. The van der Waals surface area contributed by atoms with Crippen LogP contribution in [0.25, 0.3) is 17.2 Å². The zero-order valence-electron chi connectivity index (χ0n) is 18.2. The molecule has 0 aliphatic carbocycles. The first kappa shape index (κ1) is 24.1. The number of ether oxygens (including phenoxy) is 1. The summed E-state index contributed by atoms with van der Waals surface area (Å²) in [7, 11) is 0. The van der Waals surface area contributed by atoms with E-state index in [-0.39, 0.29) is 11.6 Å². The second kappa shape index (κ2) is 10.1. The molecule has 1 aliphatic rings. The Bertz CT molecular complexity index is 1260. The lowest BCUT2D eigenvalue weighted by Gasteiger charge is -2.29. The Labute approximate surface area is 197 Å². The van der Waals surface area contributed by atoms with Crippen LogP contribution >= 0.6 is 0 Å². The van der Waals surface area contributed by atoms with E-state index in [0.29, 0.717) is 49.3 Å². The lowest BCUT2D eigenvalue weighted by atomic mass is 10.0. The summed E-state index contributed by atoms with van der Waals surface area (Å²) in [5.41, 5.74) is 0.634. The number of aromatic nitrogens is 2. The van der Waals surface area contributed by atoms with Gasteiger partial charge in [-0.25, -0.2) is 14.2 Å². The average molecular weight is 488 g/mol. The largest absolute Gasteiger partial charge is 0.478 e. The van der Waals surface area contributed by atoms with Crippen LogP contribution in [0, 0.1) is 5.82 Å². The number of hydrogen-bond acceptors (Lipinski definition) is 6. The molecule has 1 aliphatic heterocycles. The van der Waals surface area contributed by atoms with Crippen molar-refractivity contribution in [3.8, 4) is 11.1 Å². The molecule has 3 aromatic rings. The summed E-state index contributed by atoms with van der Waals surface area (Å²) in [5.74, 6) is -1.87. The zero-order chi connectivity index (χ0) is 25.0. The number of anilines is 3. The van der Waals surface area contributed by atoms with Gasteiger partial charge >= 0.3 is 12.1 Å². The normalized spacial score (nSPS) is 14.3. The van der Waals surface area contributed by atoms with Crippen LogP contribution in [0.15, 0.2) is 54.7 Å². The van der Waals surface area contributed by atoms with Crippen molar-refractivity contribution in [1.82, 2.24) is 9.97 Å². The standard InChI is InChI=1S/C24H20F4N4O3/c25-20-6-5-17(13-19(20)24(26,27)28)30-23-29-14-18(22(31-23)32-8-10-35-11-9-32)16-3-1-2-15(12-16)4-7-21(33)34/h1-7,12-14H,8-11H2,(H,33,34)(H,29,30,31)/b7-4+. The second-order valence-electron chi connectivity index (χ2n) is 7.64. The van der Waals surface area contributed by atoms with Crippen molar-refractivity contribution >= 4 is 29.5 Å². The summed E-state index contributed by atoms with van der Waals surface area (Å²) in [5, 5.41) is 11.6. The number of morpholine rings is 1. The van der Waals surface area contributed by atoms with Gasteiger partial charge < -0.3 is 20.1 Å². The summed E-state index contributed by atoms with van der Waals surface area (Å²) in [6, 6.07) is 9.70. The molecule has 1 aromatic heterocycles. The number of carboxylic acids is 1. The molecular weight excluding hydrogens is 468 g/mol. The van der Waals surface area contributed by atoms with E-state index in [9.17, 15) is 22.4 Å². The fourth-order valence-corrected chi connectivity index (χ4v) is 3.58. The maximum atomic E-state index is 13.6. The van der Waals surface area contributed by atoms with Crippen molar-refractivity contribution in [2.24, 2.45) is 0 Å². The molecule has 0 amide bonds. The molecule has 2 aromatic carbocycles. The highest BCUT2D eigenvalue weighted by molar-refractivity contribution is 5.86. The van der Waals surface area contributed by atoms with Gasteiger partial charge in [-0.15, -0.1) is 0 Å². The average Bonchev–Trinajstić information content (AvgIpc) is 2.84. The van der Waals surface area contributed by atoms with Crippen LogP contribution in [-0.4, -0.2) is 47.3 Å². The molecular formula is C24H20F4N4O3. The number of nitrogens with zero attached hydrogens (tertiary/aromatic N) is 3. The highest BCUT2D eigenvalue weighted by Crippen LogP contribution is 2.35. The highest BCUT2D eigenvalue weighted by Gasteiger charge is 2.34. The number of carbonyl (C=O) groups is 1. The van der Waals surface area contributed by atoms with Crippen LogP contribution in [0.4, 0.5) is 35.0 Å². The molecule has 0 unspecified atom stereocenters. The third-order valence-corrected chi connectivity index (χ3v) is 5.22. The van der Waals surface area contributed by atoms with E-state index in [1.54, 1.807) is 18.2 Å². The number of nitrogens with one attached hydrogen (secondary N) is 1. The van der Waals surface area contributed by atoms with Crippen LogP contribution in [0.1, 0.15) is 11.1 Å². The summed E-state index contributed by atoms with van der Waals surface area (Å²) in [4.78, 5) is 21.6. The molecule has 1 fully saturated rings. The summed E-state index contributed by atoms with van der Waals surface area (Å²) in [6.07, 6.45) is -0.812. The Morgan fingerprint density at radius 2 is 1.91 bits per heavy atom. The zero-order valence-corrected chi connectivity index (χ0v) is 18.2. The van der Waals surface area contributed by atoms with E-state index >= 15 is 0 Å². The number of benzene rings is 2. The number of alkyl halides is 3. The minimum atomic E-state index is -4.84. The molecule has 182 valence electrons. The van der Waals surface area contributed by atoms with Crippen LogP contribution in [-0.2, 0) is 15.7 Å². The van der Waals surface area contributed by atoms with Crippen molar-refractivity contribution in [1.29, 1.82) is 0 Å². The topological polar surface area (TPSA) is 87.6 Å². The van der Waals surface area contributed by atoms with E-state index in [0.717, 1.165) is 17.7 Å². The van der Waals surface area contributed by atoms with E-state index < -0.39 is 23.5 Å². The van der Waals surface area contributed by atoms with Gasteiger partial charge in [-0.1, -0.05) is 18.2 Å². The molecule has 11 heteroatoms. The number of aliphatic carboxylic acids is 1. The molecule has 0 radical (unpaired) electrons. The van der Waals surface area contributed by atoms with Crippen molar-refractivity contribution in [2.75, 3.05) is 36.5 Å². The Morgan fingerprint density at radius 1 is 1.14 bits per heavy atom. The molecule has 35 heavy (non-hydrogen) atoms. The molecule has 1 saturated heterocycles. The predicted octanol–water partition coefficient (Wildman–Crippen LogP) is 4.98. The summed E-state index contributed by atoms with van der Waals surface area (Å²) < 4.78 is 58.3. The van der Waals surface area contributed by atoms with E-state index in [1.165, 1.54) is 18.3 Å². The van der Waals surface area contributed by atoms with E-state index in [1.807, 2.05) is 11.0 Å². The maximum absolute atomic E-state index is 13.6. The highest BCUT2D eigenvalue weighted by atomic mass is 19.4. The summed E-state index contributed by atoms with van der Waals surface area (Å²) in [6.45, 7) is 2.02. The van der Waals surface area contributed by atoms with Crippen LogP contribution < -0.4 is 10.2 Å². The Kier molecular flexibility index (Phi) is 6.97. The van der Waals surface area contributed by atoms with Gasteiger partial charge in [0.05, 0.1) is 18.8 Å². The molecule has 2 N–H and O–H groups in total. The SMILES string of the molecule is O=C(O)/C=C/c1cccc(-c2cnc(Nc3ccc(F)c(C(F)(F)F)c3)nc2N2CCOCC2)c1. The van der Waals surface area contributed by atoms with Gasteiger partial charge in [-0.3, -0.25) is 0 Å². The minimum absolute atomic E-state index is 0.0137. The van der Waals surface area contributed by atoms with Crippen molar-refractivity contribution in [3.63, 3.8) is 0 Å². The number of halogens is 4. The van der Waals surface area contributed by atoms with Gasteiger partial charge in [0.15, 0.2) is 0 Å². The fraction of sp³-hybridized carbons (Fsp3) is 0.208. The minimum Gasteiger partial charge on any atom is -0.478 e. The maximum Gasteiger partial charge on any atom is 0.419 e.